The number of amides is 1. The predicted molar refractivity (Wildman–Crippen MR) is 87.1 cm³/mol. The molecule has 2 N–H and O–H groups in total. The minimum Gasteiger partial charge on any atom is -0.464 e. The molecule has 0 radical (unpaired) electrons. The van der Waals surface area contributed by atoms with Crippen LogP contribution in [0.5, 0.6) is 5.75 Å². The number of pyridine rings is 1. The molecule has 114 valence electrons. The largest absolute Gasteiger partial charge is 0.464 e. The molecule has 4 nitrogen and oxygen atoms in total. The van der Waals surface area contributed by atoms with Crippen LogP contribution in [0.1, 0.15) is 30.9 Å². The summed E-state index contributed by atoms with van der Waals surface area (Å²) in [5, 5.41) is 0. The molecule has 0 fully saturated rings. The van der Waals surface area contributed by atoms with Gasteiger partial charge in [-0.05, 0) is 30.5 Å². The summed E-state index contributed by atoms with van der Waals surface area (Å²) in [4.78, 5) is 15.6. The maximum atomic E-state index is 11.6. The van der Waals surface area contributed by atoms with Gasteiger partial charge in [0.15, 0.2) is 0 Å². The highest BCUT2D eigenvalue weighted by Gasteiger charge is 2.10. The highest BCUT2D eigenvalue weighted by atomic mass is 16.5. The number of primary amides is 1. The summed E-state index contributed by atoms with van der Waals surface area (Å²) < 4.78 is 5.72. The third-order valence-corrected chi connectivity index (χ3v) is 3.31. The number of para-hydroxylation sites is 1. The highest BCUT2D eigenvalue weighted by molar-refractivity contribution is 6.18. The first-order valence-electron chi connectivity index (χ1n) is 7.37. The number of hydrogen-bond acceptors (Lipinski definition) is 3. The fraction of sp³-hybridized carbons (Fsp3) is 0.222. The molecular weight excluding hydrogens is 276 g/mol. The lowest BCUT2D eigenvalue weighted by Crippen LogP contribution is -2.14. The monoisotopic (exact) mass is 296 g/mol. The Kier molecular flexibility index (Phi) is 5.72. The van der Waals surface area contributed by atoms with Gasteiger partial charge in [-0.2, -0.15) is 0 Å². The molecule has 1 aromatic carbocycles. The Morgan fingerprint density at radius 2 is 2.09 bits per heavy atom. The average Bonchev–Trinajstić information content (AvgIpc) is 2.55. The van der Waals surface area contributed by atoms with Crippen LogP contribution < -0.4 is 10.5 Å². The second-order valence-corrected chi connectivity index (χ2v) is 4.97. The zero-order valence-corrected chi connectivity index (χ0v) is 12.7. The molecule has 0 aliphatic carbocycles. The van der Waals surface area contributed by atoms with E-state index in [0.29, 0.717) is 11.1 Å². The number of aromatic nitrogens is 1. The molecule has 0 bridgehead atoms. The number of hydrogen-bond donors (Lipinski definition) is 1. The van der Waals surface area contributed by atoms with Crippen molar-refractivity contribution in [3.8, 4) is 5.75 Å². The smallest absolute Gasteiger partial charge is 0.252 e. The Morgan fingerprint density at radius 3 is 2.77 bits per heavy atom. The predicted octanol–water partition coefficient (Wildman–Crippen LogP) is 3.33. The molecule has 1 aromatic heterocycles. The third kappa shape index (κ3) is 4.19. The summed E-state index contributed by atoms with van der Waals surface area (Å²) in [7, 11) is 0. The second kappa shape index (κ2) is 7.98. The molecule has 0 atom stereocenters. The van der Waals surface area contributed by atoms with E-state index in [4.69, 9.17) is 10.5 Å². The minimum atomic E-state index is -0.543. The van der Waals surface area contributed by atoms with Crippen molar-refractivity contribution in [1.82, 2.24) is 4.98 Å². The van der Waals surface area contributed by atoms with Crippen molar-refractivity contribution in [2.75, 3.05) is 0 Å². The highest BCUT2D eigenvalue weighted by Crippen LogP contribution is 2.22. The standard InChI is InChI=1S/C18H20N2O2/c1-2-3-7-14-8-4-5-10-17(14)22-13-16(18(19)21)15-9-6-11-20-12-15/h4-6,8-13H,2-3,7H2,1H3,(H2,19,21). The van der Waals surface area contributed by atoms with Gasteiger partial charge in [0.1, 0.15) is 12.0 Å². The first-order chi connectivity index (χ1) is 10.7. The van der Waals surface area contributed by atoms with Crippen molar-refractivity contribution in [3.05, 3.63) is 66.2 Å². The van der Waals surface area contributed by atoms with Crippen LogP contribution in [0.15, 0.2) is 55.1 Å². The van der Waals surface area contributed by atoms with Gasteiger partial charge >= 0.3 is 0 Å². The first kappa shape index (κ1) is 15.8. The molecule has 0 saturated carbocycles. The van der Waals surface area contributed by atoms with E-state index in [2.05, 4.69) is 11.9 Å². The summed E-state index contributed by atoms with van der Waals surface area (Å²) in [6.07, 6.45) is 7.79. The van der Waals surface area contributed by atoms with Crippen LogP contribution in [0.2, 0.25) is 0 Å². The molecule has 1 amide bonds. The van der Waals surface area contributed by atoms with Crippen LogP contribution in [0, 0.1) is 0 Å². The van der Waals surface area contributed by atoms with E-state index >= 15 is 0 Å². The van der Waals surface area contributed by atoms with E-state index in [1.165, 1.54) is 6.26 Å². The lowest BCUT2D eigenvalue weighted by atomic mass is 10.1. The van der Waals surface area contributed by atoms with E-state index in [-0.39, 0.29) is 0 Å². The van der Waals surface area contributed by atoms with Crippen LogP contribution in [0.3, 0.4) is 0 Å². The normalized spacial score (nSPS) is 11.2. The Bertz CT molecular complexity index is 651. The average molecular weight is 296 g/mol. The van der Waals surface area contributed by atoms with Gasteiger partial charge in [0.25, 0.3) is 5.91 Å². The number of nitrogens with two attached hydrogens (primary N) is 1. The molecule has 0 aliphatic rings. The van der Waals surface area contributed by atoms with Crippen LogP contribution in [-0.2, 0) is 11.2 Å². The van der Waals surface area contributed by atoms with Gasteiger partial charge in [0.05, 0.1) is 5.57 Å². The van der Waals surface area contributed by atoms with E-state index in [1.54, 1.807) is 24.5 Å². The van der Waals surface area contributed by atoms with Gasteiger partial charge in [0, 0.05) is 18.0 Å². The fourth-order valence-electron chi connectivity index (χ4n) is 2.11. The lowest BCUT2D eigenvalue weighted by molar-refractivity contribution is -0.112. The van der Waals surface area contributed by atoms with Gasteiger partial charge in [-0.3, -0.25) is 9.78 Å². The van der Waals surface area contributed by atoms with Gasteiger partial charge < -0.3 is 10.5 Å². The van der Waals surface area contributed by atoms with Crippen LogP contribution in [-0.4, -0.2) is 10.9 Å². The second-order valence-electron chi connectivity index (χ2n) is 4.97. The topological polar surface area (TPSA) is 65.2 Å². The summed E-state index contributed by atoms with van der Waals surface area (Å²) in [6.45, 7) is 2.15. The first-order valence-corrected chi connectivity index (χ1v) is 7.37. The molecule has 1 heterocycles. The van der Waals surface area contributed by atoms with Crippen molar-refractivity contribution < 1.29 is 9.53 Å². The number of aryl methyl sites for hydroxylation is 1. The Morgan fingerprint density at radius 1 is 1.27 bits per heavy atom. The molecule has 0 saturated heterocycles. The maximum absolute atomic E-state index is 11.6. The van der Waals surface area contributed by atoms with Gasteiger partial charge in [0.2, 0.25) is 0 Å². The summed E-state index contributed by atoms with van der Waals surface area (Å²) >= 11 is 0. The summed E-state index contributed by atoms with van der Waals surface area (Å²) in [5.41, 5.74) is 7.50. The summed E-state index contributed by atoms with van der Waals surface area (Å²) in [6, 6.07) is 11.3. The number of nitrogens with zero attached hydrogens (tertiary/aromatic N) is 1. The van der Waals surface area contributed by atoms with Crippen LogP contribution in [0.4, 0.5) is 0 Å². The molecule has 0 unspecified atom stereocenters. The Labute approximate surface area is 130 Å². The van der Waals surface area contributed by atoms with Crippen molar-refractivity contribution in [3.63, 3.8) is 0 Å². The number of ether oxygens (including phenoxy) is 1. The van der Waals surface area contributed by atoms with Crippen molar-refractivity contribution in [2.45, 2.75) is 26.2 Å². The van der Waals surface area contributed by atoms with Gasteiger partial charge in [-0.25, -0.2) is 0 Å². The van der Waals surface area contributed by atoms with E-state index in [1.807, 2.05) is 24.3 Å². The molecule has 0 spiro atoms. The van der Waals surface area contributed by atoms with Gasteiger partial charge in [-0.15, -0.1) is 0 Å². The molecule has 22 heavy (non-hydrogen) atoms. The molecule has 4 heteroatoms. The van der Waals surface area contributed by atoms with E-state index in [0.717, 1.165) is 30.6 Å². The Balaban J connectivity index is 2.23. The van der Waals surface area contributed by atoms with Gasteiger partial charge in [-0.1, -0.05) is 37.6 Å². The molecule has 2 aromatic rings. The number of unbranched alkanes of at least 4 members (excludes halogenated alkanes) is 1. The fourth-order valence-corrected chi connectivity index (χ4v) is 2.11. The number of benzene rings is 1. The van der Waals surface area contributed by atoms with Crippen LogP contribution >= 0.6 is 0 Å². The van der Waals surface area contributed by atoms with E-state index in [9.17, 15) is 4.79 Å². The number of rotatable bonds is 7. The zero-order valence-electron chi connectivity index (χ0n) is 12.7. The molecule has 0 aliphatic heterocycles. The minimum absolute atomic E-state index is 0.304. The van der Waals surface area contributed by atoms with Crippen molar-refractivity contribution in [1.29, 1.82) is 0 Å². The molecule has 2 rings (SSSR count). The Hall–Kier alpha value is -2.62. The summed E-state index contributed by atoms with van der Waals surface area (Å²) in [5.74, 6) is 0.206. The zero-order chi connectivity index (χ0) is 15.8. The van der Waals surface area contributed by atoms with Crippen molar-refractivity contribution in [2.24, 2.45) is 5.73 Å². The van der Waals surface area contributed by atoms with Crippen LogP contribution in [0.25, 0.3) is 5.57 Å². The lowest BCUT2D eigenvalue weighted by Gasteiger charge is -2.09. The third-order valence-electron chi connectivity index (χ3n) is 3.31. The van der Waals surface area contributed by atoms with Crippen molar-refractivity contribution >= 4 is 11.5 Å². The number of carbonyl (C=O) groups excluding carboxylic acids is 1. The molecular formula is C18H20N2O2. The number of carbonyl (C=O) groups is 1. The SMILES string of the molecule is CCCCc1ccccc1OC=C(C(N)=O)c1cccnc1. The quantitative estimate of drug-likeness (QED) is 0.629. The maximum Gasteiger partial charge on any atom is 0.252 e. The van der Waals surface area contributed by atoms with E-state index < -0.39 is 5.91 Å².